The number of rotatable bonds is 7. The summed E-state index contributed by atoms with van der Waals surface area (Å²) in [4.78, 5) is 53.9. The van der Waals surface area contributed by atoms with Crippen LogP contribution in [0.1, 0.15) is 30.4 Å². The fourth-order valence-electron chi connectivity index (χ4n) is 3.37. The van der Waals surface area contributed by atoms with E-state index in [2.05, 4.69) is 10.6 Å². The number of benzene rings is 2. The number of hydrogen-bond donors (Lipinski definition) is 1. The summed E-state index contributed by atoms with van der Waals surface area (Å²) in [5.74, 6) is -2.15. The molecule has 9 nitrogen and oxygen atoms in total. The monoisotopic (exact) mass is 434 g/mol. The summed E-state index contributed by atoms with van der Waals surface area (Å²) in [7, 11) is 0. The molecule has 1 saturated heterocycles. The summed E-state index contributed by atoms with van der Waals surface area (Å²) in [6.45, 7) is 0.0123. The molecular weight excluding hydrogens is 414 g/mol. The normalized spacial score (nSPS) is 15.5. The number of para-hydroxylation sites is 1. The number of hydrogen-bond acceptors (Lipinski definition) is 6. The van der Waals surface area contributed by atoms with Gasteiger partial charge in [0.15, 0.2) is 0 Å². The van der Waals surface area contributed by atoms with Crippen molar-refractivity contribution in [3.05, 3.63) is 71.9 Å². The standard InChI is InChI=1S/C23H20N3O6/c27-20-10-11-21(28)26(20)32-22(29)19(12-16-13-24-18-9-5-4-8-17(16)18)25-23(30)31-14-15-6-2-1-3-7-15/h1-9,13,19H,10-12,14H2,(H,25,30). The molecule has 0 spiro atoms. The third-order valence-electron chi connectivity index (χ3n) is 5.01. The molecule has 0 aromatic heterocycles. The minimum Gasteiger partial charge on any atom is -0.445 e. The Kier molecular flexibility index (Phi) is 6.16. The van der Waals surface area contributed by atoms with E-state index in [1.54, 1.807) is 18.3 Å². The lowest BCUT2D eigenvalue weighted by Crippen LogP contribution is -2.45. The van der Waals surface area contributed by atoms with Crippen LogP contribution in [0.4, 0.5) is 10.5 Å². The highest BCUT2D eigenvalue weighted by Gasteiger charge is 2.36. The number of carbonyl (C=O) groups excluding carboxylic acids is 4. The molecule has 163 valence electrons. The number of amides is 3. The number of hydroxylamine groups is 2. The molecule has 2 aliphatic heterocycles. The molecule has 4 rings (SSSR count). The van der Waals surface area contributed by atoms with Crippen LogP contribution in [-0.4, -0.2) is 35.0 Å². The Hall–Kier alpha value is -4.14. The Morgan fingerprint density at radius 3 is 2.44 bits per heavy atom. The van der Waals surface area contributed by atoms with E-state index in [0.29, 0.717) is 10.6 Å². The van der Waals surface area contributed by atoms with Gasteiger partial charge in [-0.3, -0.25) is 14.9 Å². The second kappa shape index (κ2) is 9.34. The number of nitrogens with zero attached hydrogens (tertiary/aromatic N) is 2. The van der Waals surface area contributed by atoms with Crippen LogP contribution in [0.2, 0.25) is 0 Å². The van der Waals surface area contributed by atoms with Gasteiger partial charge < -0.3 is 14.9 Å². The van der Waals surface area contributed by atoms with E-state index in [1.807, 2.05) is 42.5 Å². The summed E-state index contributed by atoms with van der Waals surface area (Å²) < 4.78 is 5.21. The van der Waals surface area contributed by atoms with E-state index in [-0.39, 0.29) is 25.9 Å². The van der Waals surface area contributed by atoms with Crippen molar-refractivity contribution in [2.24, 2.45) is 0 Å². The van der Waals surface area contributed by atoms with Crippen LogP contribution < -0.4 is 10.6 Å². The van der Waals surface area contributed by atoms with E-state index in [0.717, 1.165) is 16.8 Å². The maximum atomic E-state index is 12.8. The molecule has 0 saturated carbocycles. The van der Waals surface area contributed by atoms with Gasteiger partial charge in [-0.1, -0.05) is 48.5 Å². The Balaban J connectivity index is 1.46. The highest BCUT2D eigenvalue weighted by atomic mass is 16.7. The summed E-state index contributed by atoms with van der Waals surface area (Å²) in [5, 5.41) is 7.23. The van der Waals surface area contributed by atoms with Crippen molar-refractivity contribution in [3.8, 4) is 0 Å². The summed E-state index contributed by atoms with van der Waals surface area (Å²) >= 11 is 0. The van der Waals surface area contributed by atoms with Gasteiger partial charge in [-0.15, -0.1) is 5.06 Å². The lowest BCUT2D eigenvalue weighted by Gasteiger charge is -2.20. The van der Waals surface area contributed by atoms with Crippen LogP contribution in [0.25, 0.3) is 5.57 Å². The maximum absolute atomic E-state index is 12.8. The third kappa shape index (κ3) is 4.77. The Morgan fingerprint density at radius 2 is 1.69 bits per heavy atom. The highest BCUT2D eigenvalue weighted by molar-refractivity contribution is 6.02. The van der Waals surface area contributed by atoms with Crippen molar-refractivity contribution in [2.75, 3.05) is 0 Å². The molecule has 0 bridgehead atoms. The first kappa shape index (κ1) is 21.1. The zero-order chi connectivity index (χ0) is 22.5. The fraction of sp³-hybridized carbons (Fsp3) is 0.217. The first-order valence-corrected chi connectivity index (χ1v) is 10.1. The van der Waals surface area contributed by atoms with Gasteiger partial charge in [-0.25, -0.2) is 9.59 Å². The minimum atomic E-state index is -1.20. The topological polar surface area (TPSA) is 116 Å². The molecule has 3 amide bonds. The van der Waals surface area contributed by atoms with Gasteiger partial charge in [0.1, 0.15) is 12.6 Å². The molecule has 1 fully saturated rings. The average Bonchev–Trinajstić information content (AvgIpc) is 3.36. The molecule has 32 heavy (non-hydrogen) atoms. The number of nitrogens with one attached hydrogen (secondary N) is 1. The number of alkyl carbamates (subject to hydrolysis) is 1. The number of ether oxygens (including phenoxy) is 1. The Labute approximate surface area is 183 Å². The smallest absolute Gasteiger partial charge is 0.408 e. The van der Waals surface area contributed by atoms with Gasteiger partial charge in [0.2, 0.25) is 0 Å². The van der Waals surface area contributed by atoms with Gasteiger partial charge >= 0.3 is 12.1 Å². The van der Waals surface area contributed by atoms with Crippen molar-refractivity contribution in [1.29, 1.82) is 0 Å². The van der Waals surface area contributed by atoms with E-state index >= 15 is 0 Å². The molecular formula is C23H20N3O6. The number of imide groups is 1. The van der Waals surface area contributed by atoms with Gasteiger partial charge in [0, 0.05) is 31.0 Å². The molecule has 0 aliphatic carbocycles. The SMILES string of the molecule is O=C(NC(CC1=C[N]c2ccccc21)C(=O)ON1C(=O)CCC1=O)OCc1ccccc1. The van der Waals surface area contributed by atoms with E-state index in [4.69, 9.17) is 9.57 Å². The van der Waals surface area contributed by atoms with Crippen LogP contribution in [0.3, 0.4) is 0 Å². The predicted octanol–water partition coefficient (Wildman–Crippen LogP) is 2.57. The van der Waals surface area contributed by atoms with E-state index in [9.17, 15) is 19.2 Å². The highest BCUT2D eigenvalue weighted by Crippen LogP contribution is 2.33. The molecule has 2 aromatic rings. The zero-order valence-electron chi connectivity index (χ0n) is 17.0. The second-order valence-electron chi connectivity index (χ2n) is 7.26. The van der Waals surface area contributed by atoms with Crippen molar-refractivity contribution in [3.63, 3.8) is 0 Å². The Morgan fingerprint density at radius 1 is 1.00 bits per heavy atom. The molecule has 2 aliphatic rings. The lowest BCUT2D eigenvalue weighted by atomic mass is 10.0. The summed E-state index contributed by atoms with van der Waals surface area (Å²) in [6.07, 6.45) is 0.754. The fourth-order valence-corrected chi connectivity index (χ4v) is 3.37. The van der Waals surface area contributed by atoms with Crippen molar-refractivity contribution >= 4 is 35.1 Å². The van der Waals surface area contributed by atoms with Crippen LogP contribution in [-0.2, 0) is 30.6 Å². The Bertz CT molecular complexity index is 1070. The number of fused-ring (bicyclic) bond motifs is 1. The first-order chi connectivity index (χ1) is 15.5. The van der Waals surface area contributed by atoms with Gasteiger partial charge in [-0.05, 0) is 17.2 Å². The van der Waals surface area contributed by atoms with Crippen LogP contribution >= 0.6 is 0 Å². The molecule has 2 heterocycles. The summed E-state index contributed by atoms with van der Waals surface area (Å²) in [5.41, 5.74) is 3.04. The molecule has 1 atom stereocenters. The average molecular weight is 434 g/mol. The maximum Gasteiger partial charge on any atom is 0.408 e. The van der Waals surface area contributed by atoms with Crippen molar-refractivity contribution < 1.29 is 28.8 Å². The minimum absolute atomic E-state index is 0.0123. The molecule has 1 unspecified atom stereocenters. The third-order valence-corrected chi connectivity index (χ3v) is 5.01. The second-order valence-corrected chi connectivity index (χ2v) is 7.26. The van der Waals surface area contributed by atoms with Crippen molar-refractivity contribution in [2.45, 2.75) is 31.9 Å². The van der Waals surface area contributed by atoms with Crippen LogP contribution in [0.15, 0.2) is 60.8 Å². The quantitative estimate of drug-likeness (QED) is 0.670. The largest absolute Gasteiger partial charge is 0.445 e. The molecule has 9 heteroatoms. The van der Waals surface area contributed by atoms with Crippen LogP contribution in [0, 0.1) is 0 Å². The van der Waals surface area contributed by atoms with Gasteiger partial charge in [0.05, 0.1) is 5.69 Å². The zero-order valence-corrected chi connectivity index (χ0v) is 17.0. The van der Waals surface area contributed by atoms with Gasteiger partial charge in [-0.2, -0.15) is 0 Å². The first-order valence-electron chi connectivity index (χ1n) is 10.1. The summed E-state index contributed by atoms with van der Waals surface area (Å²) in [6, 6.07) is 15.2. The predicted molar refractivity (Wildman–Crippen MR) is 112 cm³/mol. The van der Waals surface area contributed by atoms with Gasteiger partial charge in [0.25, 0.3) is 11.8 Å². The molecule has 2 aromatic carbocycles. The molecule has 1 radical (unpaired) electrons. The van der Waals surface area contributed by atoms with Crippen molar-refractivity contribution in [1.82, 2.24) is 15.7 Å². The van der Waals surface area contributed by atoms with E-state index in [1.165, 1.54) is 0 Å². The van der Waals surface area contributed by atoms with E-state index < -0.39 is 29.9 Å². The lowest BCUT2D eigenvalue weighted by molar-refractivity contribution is -0.198. The number of carbonyl (C=O) groups is 4. The molecule has 1 N–H and O–H groups in total. The van der Waals surface area contributed by atoms with Crippen LogP contribution in [0.5, 0.6) is 0 Å².